The van der Waals surface area contributed by atoms with Crippen LogP contribution >= 0.6 is 11.6 Å². The van der Waals surface area contributed by atoms with Gasteiger partial charge >= 0.3 is 0 Å². The predicted molar refractivity (Wildman–Crippen MR) is 128 cm³/mol. The normalized spacial score (nSPS) is 17.1. The van der Waals surface area contributed by atoms with Crippen LogP contribution in [-0.2, 0) is 16.1 Å². The number of nitrogens with zero attached hydrogens (tertiary/aromatic N) is 2. The van der Waals surface area contributed by atoms with Crippen molar-refractivity contribution in [2.75, 3.05) is 13.7 Å². The lowest BCUT2D eigenvalue weighted by Gasteiger charge is -2.25. The molecule has 0 bridgehead atoms. The molecular formula is C26H23ClN2O5. The van der Waals surface area contributed by atoms with Gasteiger partial charge in [-0.2, -0.15) is 0 Å². The van der Waals surface area contributed by atoms with Gasteiger partial charge in [0.1, 0.15) is 17.3 Å². The van der Waals surface area contributed by atoms with Crippen LogP contribution in [0, 0.1) is 0 Å². The Kier molecular flexibility index (Phi) is 6.84. The Morgan fingerprint density at radius 1 is 1.12 bits per heavy atom. The van der Waals surface area contributed by atoms with Gasteiger partial charge in [0, 0.05) is 24.5 Å². The second kappa shape index (κ2) is 9.97. The number of Topliss-reactive ketones (excluding diaryl/α,β-unsaturated/α-hetero) is 1. The number of pyridine rings is 1. The molecule has 1 fully saturated rings. The van der Waals surface area contributed by atoms with Gasteiger partial charge in [-0.05, 0) is 54.4 Å². The Morgan fingerprint density at radius 2 is 1.94 bits per heavy atom. The van der Waals surface area contributed by atoms with E-state index in [4.69, 9.17) is 21.1 Å². The molecule has 1 saturated heterocycles. The summed E-state index contributed by atoms with van der Waals surface area (Å²) in [5.41, 5.74) is 1.51. The van der Waals surface area contributed by atoms with Crippen molar-refractivity contribution >= 4 is 29.1 Å². The second-order valence-electron chi connectivity index (χ2n) is 7.64. The smallest absolute Gasteiger partial charge is 0.295 e. The summed E-state index contributed by atoms with van der Waals surface area (Å²) in [6, 6.07) is 14.6. The molecule has 0 saturated carbocycles. The molecular weight excluding hydrogens is 456 g/mol. The Balaban J connectivity index is 1.85. The molecule has 0 radical (unpaired) electrons. The number of methoxy groups -OCH3 is 1. The van der Waals surface area contributed by atoms with Crippen molar-refractivity contribution in [1.29, 1.82) is 0 Å². The number of aromatic nitrogens is 1. The van der Waals surface area contributed by atoms with Gasteiger partial charge < -0.3 is 19.5 Å². The number of amides is 1. The van der Waals surface area contributed by atoms with E-state index in [0.717, 1.165) is 5.56 Å². The van der Waals surface area contributed by atoms with E-state index < -0.39 is 17.7 Å². The summed E-state index contributed by atoms with van der Waals surface area (Å²) in [6.45, 7) is 2.38. The first-order valence-electron chi connectivity index (χ1n) is 10.7. The van der Waals surface area contributed by atoms with E-state index in [-0.39, 0.29) is 28.5 Å². The summed E-state index contributed by atoms with van der Waals surface area (Å²) in [5, 5.41) is 11.5. The Bertz CT molecular complexity index is 1260. The van der Waals surface area contributed by atoms with Crippen LogP contribution in [0.3, 0.4) is 0 Å². The molecule has 7 nitrogen and oxygen atoms in total. The fourth-order valence-corrected chi connectivity index (χ4v) is 4.19. The van der Waals surface area contributed by atoms with Crippen molar-refractivity contribution in [3.63, 3.8) is 0 Å². The molecule has 2 heterocycles. The highest BCUT2D eigenvalue weighted by Gasteiger charge is 2.46. The number of halogens is 1. The third kappa shape index (κ3) is 4.47. The molecule has 1 aliphatic heterocycles. The van der Waals surface area contributed by atoms with E-state index in [1.165, 1.54) is 4.90 Å². The van der Waals surface area contributed by atoms with Crippen LogP contribution in [0.15, 0.2) is 72.6 Å². The summed E-state index contributed by atoms with van der Waals surface area (Å²) in [7, 11) is 1.56. The first kappa shape index (κ1) is 23.3. The van der Waals surface area contributed by atoms with Crippen molar-refractivity contribution in [3.8, 4) is 11.5 Å². The molecule has 1 aliphatic rings. The summed E-state index contributed by atoms with van der Waals surface area (Å²) >= 11 is 6.36. The molecule has 174 valence electrons. The molecule has 0 spiro atoms. The topological polar surface area (TPSA) is 89.0 Å². The van der Waals surface area contributed by atoms with Crippen LogP contribution in [0.25, 0.3) is 5.76 Å². The molecule has 3 aromatic rings. The standard InChI is InChI=1S/C26H23ClN2O5/c1-3-34-19-9-10-21(27)20(13-19)24(30)22-23(17-7-5-11-28-14-17)29(26(32)25(22)31)15-16-6-4-8-18(12-16)33-2/h4-14,23,30H,3,15H2,1-2H3/b24-22+. The number of benzene rings is 2. The largest absolute Gasteiger partial charge is 0.507 e. The van der Waals surface area contributed by atoms with E-state index in [1.54, 1.807) is 62.0 Å². The van der Waals surface area contributed by atoms with Gasteiger partial charge in [-0.1, -0.05) is 29.8 Å². The number of carbonyl (C=O) groups excluding carboxylic acids is 2. The van der Waals surface area contributed by atoms with Crippen LogP contribution < -0.4 is 9.47 Å². The quantitative estimate of drug-likeness (QED) is 0.299. The van der Waals surface area contributed by atoms with E-state index in [2.05, 4.69) is 4.98 Å². The highest BCUT2D eigenvalue weighted by atomic mass is 35.5. The second-order valence-corrected chi connectivity index (χ2v) is 8.05. The molecule has 34 heavy (non-hydrogen) atoms. The van der Waals surface area contributed by atoms with Crippen LogP contribution in [0.5, 0.6) is 11.5 Å². The number of ether oxygens (including phenoxy) is 2. The molecule has 1 amide bonds. The number of hydrogen-bond acceptors (Lipinski definition) is 6. The molecule has 0 aliphatic carbocycles. The monoisotopic (exact) mass is 478 g/mol. The molecule has 1 N–H and O–H groups in total. The van der Waals surface area contributed by atoms with Crippen molar-refractivity contribution in [3.05, 3.63) is 94.3 Å². The van der Waals surface area contributed by atoms with Crippen molar-refractivity contribution in [1.82, 2.24) is 9.88 Å². The molecule has 2 aromatic carbocycles. The lowest BCUT2D eigenvalue weighted by atomic mass is 9.96. The Morgan fingerprint density at radius 3 is 2.65 bits per heavy atom. The number of rotatable bonds is 7. The van der Waals surface area contributed by atoms with Gasteiger partial charge in [-0.15, -0.1) is 0 Å². The minimum absolute atomic E-state index is 0.0588. The first-order chi connectivity index (χ1) is 16.4. The van der Waals surface area contributed by atoms with E-state index in [0.29, 0.717) is 23.7 Å². The Labute approximate surface area is 202 Å². The highest BCUT2D eigenvalue weighted by molar-refractivity contribution is 6.47. The van der Waals surface area contributed by atoms with E-state index in [9.17, 15) is 14.7 Å². The average Bonchev–Trinajstić information content (AvgIpc) is 3.10. The van der Waals surface area contributed by atoms with Crippen molar-refractivity contribution < 1.29 is 24.2 Å². The zero-order valence-corrected chi connectivity index (χ0v) is 19.5. The van der Waals surface area contributed by atoms with Crippen LogP contribution in [0.4, 0.5) is 0 Å². The predicted octanol–water partition coefficient (Wildman–Crippen LogP) is 4.76. The molecule has 1 atom stereocenters. The molecule has 8 heteroatoms. The lowest BCUT2D eigenvalue weighted by Crippen LogP contribution is -2.29. The van der Waals surface area contributed by atoms with Crippen LogP contribution in [0.1, 0.15) is 29.7 Å². The van der Waals surface area contributed by atoms with Gasteiger partial charge in [0.25, 0.3) is 11.7 Å². The fourth-order valence-electron chi connectivity index (χ4n) is 3.98. The van der Waals surface area contributed by atoms with Crippen LogP contribution in [-0.4, -0.2) is 40.4 Å². The summed E-state index contributed by atoms with van der Waals surface area (Å²) in [4.78, 5) is 32.0. The van der Waals surface area contributed by atoms with E-state index in [1.807, 2.05) is 19.1 Å². The van der Waals surface area contributed by atoms with Gasteiger partial charge in [0.05, 0.1) is 30.4 Å². The molecule has 1 unspecified atom stereocenters. The number of ketones is 1. The maximum absolute atomic E-state index is 13.2. The zero-order chi connectivity index (χ0) is 24.2. The first-order valence-corrected chi connectivity index (χ1v) is 11.1. The summed E-state index contributed by atoms with van der Waals surface area (Å²) in [6.07, 6.45) is 3.17. The number of aliphatic hydroxyl groups excluding tert-OH is 1. The Hall–Kier alpha value is -3.84. The SMILES string of the molecule is CCOc1ccc(Cl)c(/C(O)=C2\C(=O)C(=O)N(Cc3cccc(OC)c3)C2c2cccnc2)c1. The van der Waals surface area contributed by atoms with Gasteiger partial charge in [0.15, 0.2) is 0 Å². The zero-order valence-electron chi connectivity index (χ0n) is 18.7. The number of likely N-dealkylation sites (tertiary alicyclic amines) is 1. The fraction of sp³-hybridized carbons (Fsp3) is 0.192. The minimum Gasteiger partial charge on any atom is -0.507 e. The van der Waals surface area contributed by atoms with Crippen LogP contribution in [0.2, 0.25) is 5.02 Å². The molecule has 1 aromatic heterocycles. The van der Waals surface area contributed by atoms with Gasteiger partial charge in [-0.3, -0.25) is 14.6 Å². The number of aliphatic hydroxyl groups is 1. The van der Waals surface area contributed by atoms with E-state index >= 15 is 0 Å². The molecule has 4 rings (SSSR count). The maximum atomic E-state index is 13.2. The number of hydrogen-bond donors (Lipinski definition) is 1. The highest BCUT2D eigenvalue weighted by Crippen LogP contribution is 2.41. The number of carbonyl (C=O) groups is 2. The minimum atomic E-state index is -0.855. The lowest BCUT2D eigenvalue weighted by molar-refractivity contribution is -0.140. The summed E-state index contributed by atoms with van der Waals surface area (Å²) < 4.78 is 10.8. The van der Waals surface area contributed by atoms with Gasteiger partial charge in [-0.25, -0.2) is 0 Å². The average molecular weight is 479 g/mol. The third-order valence-corrected chi connectivity index (χ3v) is 5.86. The summed E-state index contributed by atoms with van der Waals surface area (Å²) in [5.74, 6) is -0.780. The van der Waals surface area contributed by atoms with Crippen molar-refractivity contribution in [2.45, 2.75) is 19.5 Å². The van der Waals surface area contributed by atoms with Crippen molar-refractivity contribution in [2.24, 2.45) is 0 Å². The van der Waals surface area contributed by atoms with Gasteiger partial charge in [0.2, 0.25) is 0 Å². The maximum Gasteiger partial charge on any atom is 0.295 e. The third-order valence-electron chi connectivity index (χ3n) is 5.53.